The first-order valence-corrected chi connectivity index (χ1v) is 26.2. The summed E-state index contributed by atoms with van der Waals surface area (Å²) in [6.07, 6.45) is 0. The lowest BCUT2D eigenvalue weighted by Gasteiger charge is -2.31. The molecule has 14 rings (SSSR count). The van der Waals surface area contributed by atoms with Crippen LogP contribution in [0.3, 0.4) is 0 Å². The average molecular weight is 967 g/mol. The molecule has 0 aliphatic rings. The van der Waals surface area contributed by atoms with E-state index in [1.165, 1.54) is 65.3 Å². The molecule has 0 bridgehead atoms. The molecule has 2 heteroatoms. The van der Waals surface area contributed by atoms with Crippen LogP contribution >= 0.6 is 0 Å². The second-order valence-electron chi connectivity index (χ2n) is 19.6. The van der Waals surface area contributed by atoms with E-state index in [-0.39, 0.29) is 0 Å². The van der Waals surface area contributed by atoms with Gasteiger partial charge in [-0.2, -0.15) is 0 Å². The van der Waals surface area contributed by atoms with Gasteiger partial charge in [0, 0.05) is 33.3 Å². The van der Waals surface area contributed by atoms with Crippen molar-refractivity contribution in [2.45, 2.75) is 0 Å². The molecular formula is C74H50N2. The Morgan fingerprint density at radius 3 is 0.868 bits per heavy atom. The maximum absolute atomic E-state index is 2.48. The second kappa shape index (κ2) is 19.1. The predicted octanol–water partition coefficient (Wildman–Crippen LogP) is 21.1. The largest absolute Gasteiger partial charge is 0.309 e. The Morgan fingerprint density at radius 1 is 0.171 bits per heavy atom. The van der Waals surface area contributed by atoms with E-state index in [0.717, 1.165) is 67.2 Å². The molecule has 0 aromatic heterocycles. The fraction of sp³-hybridized carbons (Fsp3) is 0. The van der Waals surface area contributed by atoms with Crippen LogP contribution in [0.4, 0.5) is 34.1 Å². The van der Waals surface area contributed by atoms with E-state index < -0.39 is 0 Å². The summed E-state index contributed by atoms with van der Waals surface area (Å²) in [5, 5.41) is 12.0. The first-order valence-electron chi connectivity index (χ1n) is 26.2. The van der Waals surface area contributed by atoms with Gasteiger partial charge in [-0.05, 0) is 137 Å². The Hall–Kier alpha value is -10.0. The van der Waals surface area contributed by atoms with Gasteiger partial charge in [-0.15, -0.1) is 0 Å². The fourth-order valence-electron chi connectivity index (χ4n) is 11.6. The van der Waals surface area contributed by atoms with Gasteiger partial charge in [0.1, 0.15) is 0 Å². The molecule has 0 radical (unpaired) electrons. The first-order chi connectivity index (χ1) is 37.7. The van der Waals surface area contributed by atoms with Gasteiger partial charge in [-0.3, -0.25) is 0 Å². The van der Waals surface area contributed by atoms with Crippen LogP contribution in [0.5, 0.6) is 0 Å². The highest BCUT2D eigenvalue weighted by molar-refractivity contribution is 6.09. The van der Waals surface area contributed by atoms with Gasteiger partial charge in [0.2, 0.25) is 0 Å². The standard InChI is InChI=1S/C74H50N2/c1-3-19-55(20-4-1)69-47-59-50-74(76(72-38-18-30-54-26-10-14-34-68(54)72)62-45-41-58(42-46-62)66-36-16-28-52-24-8-12-32-64(52)66)70(56-21-5-2-6-22-56)48-60(59)49-73(69)75(71-37-17-29-53-25-9-13-33-67(53)71)61-43-39-57(40-44-61)65-35-15-27-51-23-7-11-31-63(51)65/h1-50H. The molecule has 0 aliphatic heterocycles. The summed E-state index contributed by atoms with van der Waals surface area (Å²) in [6.45, 7) is 0. The smallest absolute Gasteiger partial charge is 0.0546 e. The minimum Gasteiger partial charge on any atom is -0.309 e. The Labute approximate surface area is 443 Å². The number of anilines is 6. The van der Waals surface area contributed by atoms with Gasteiger partial charge in [0.05, 0.1) is 22.7 Å². The van der Waals surface area contributed by atoms with Gasteiger partial charge in [-0.25, -0.2) is 0 Å². The molecule has 0 fully saturated rings. The molecule has 0 saturated heterocycles. The summed E-state index contributed by atoms with van der Waals surface area (Å²) >= 11 is 0. The van der Waals surface area contributed by atoms with Crippen molar-refractivity contribution in [1.29, 1.82) is 0 Å². The van der Waals surface area contributed by atoms with Crippen molar-refractivity contribution in [2.24, 2.45) is 0 Å². The quantitative estimate of drug-likeness (QED) is 0.135. The highest BCUT2D eigenvalue weighted by Gasteiger charge is 2.25. The summed E-state index contributed by atoms with van der Waals surface area (Å²) in [7, 11) is 0. The van der Waals surface area contributed by atoms with Gasteiger partial charge in [0.15, 0.2) is 0 Å². The number of nitrogens with zero attached hydrogens (tertiary/aromatic N) is 2. The molecule has 14 aromatic carbocycles. The highest BCUT2D eigenvalue weighted by atomic mass is 15.2. The molecule has 0 aliphatic carbocycles. The molecule has 0 saturated carbocycles. The summed E-state index contributed by atoms with van der Waals surface area (Å²) in [4.78, 5) is 4.96. The zero-order valence-corrected chi connectivity index (χ0v) is 41.8. The maximum Gasteiger partial charge on any atom is 0.0546 e. The van der Waals surface area contributed by atoms with E-state index >= 15 is 0 Å². The Morgan fingerprint density at radius 2 is 0.474 bits per heavy atom. The molecule has 76 heavy (non-hydrogen) atoms. The Balaban J connectivity index is 1.01. The van der Waals surface area contributed by atoms with Crippen molar-refractivity contribution in [3.8, 4) is 44.5 Å². The maximum atomic E-state index is 2.48. The van der Waals surface area contributed by atoms with E-state index in [1.807, 2.05) is 0 Å². The van der Waals surface area contributed by atoms with Crippen LogP contribution in [-0.4, -0.2) is 0 Å². The SMILES string of the molecule is c1ccc(-c2cc3cc(N(c4ccc(-c5cccc6ccccc56)cc4)c4cccc5ccccc45)c(-c4ccccc4)cc3cc2N(c2ccc(-c3cccc4ccccc34)cc2)c2cccc3ccccc23)cc1. The van der Waals surface area contributed by atoms with Crippen molar-refractivity contribution < 1.29 is 0 Å². The molecule has 0 spiro atoms. The number of rotatable bonds is 10. The van der Waals surface area contributed by atoms with Crippen LogP contribution in [0.25, 0.3) is 98.4 Å². The van der Waals surface area contributed by atoms with Crippen molar-refractivity contribution in [3.63, 3.8) is 0 Å². The average Bonchev–Trinajstić information content (AvgIpc) is 3.50. The number of benzene rings is 14. The number of fused-ring (bicyclic) bond motifs is 5. The molecular weight excluding hydrogens is 917 g/mol. The third-order valence-electron chi connectivity index (χ3n) is 15.2. The molecule has 0 unspecified atom stereocenters. The van der Waals surface area contributed by atoms with Gasteiger partial charge in [-0.1, -0.05) is 243 Å². The van der Waals surface area contributed by atoms with E-state index in [2.05, 4.69) is 313 Å². The van der Waals surface area contributed by atoms with Gasteiger partial charge < -0.3 is 9.80 Å². The second-order valence-corrected chi connectivity index (χ2v) is 19.6. The Kier molecular flexibility index (Phi) is 11.2. The molecule has 0 amide bonds. The monoisotopic (exact) mass is 966 g/mol. The van der Waals surface area contributed by atoms with Crippen molar-refractivity contribution in [1.82, 2.24) is 0 Å². The summed E-state index contributed by atoms with van der Waals surface area (Å²) in [5.41, 5.74) is 15.9. The third kappa shape index (κ3) is 8.01. The Bertz CT molecular complexity index is 4140. The van der Waals surface area contributed by atoms with Crippen LogP contribution in [0.2, 0.25) is 0 Å². The zero-order valence-electron chi connectivity index (χ0n) is 41.8. The third-order valence-corrected chi connectivity index (χ3v) is 15.2. The van der Waals surface area contributed by atoms with E-state index in [1.54, 1.807) is 0 Å². The highest BCUT2D eigenvalue weighted by Crippen LogP contribution is 2.50. The fourth-order valence-corrected chi connectivity index (χ4v) is 11.6. The lowest BCUT2D eigenvalue weighted by Crippen LogP contribution is -2.13. The van der Waals surface area contributed by atoms with Gasteiger partial charge >= 0.3 is 0 Å². The van der Waals surface area contributed by atoms with Crippen LogP contribution < -0.4 is 9.80 Å². The molecule has 14 aromatic rings. The molecule has 0 atom stereocenters. The molecule has 2 nitrogen and oxygen atoms in total. The van der Waals surface area contributed by atoms with E-state index in [4.69, 9.17) is 0 Å². The summed E-state index contributed by atoms with van der Waals surface area (Å²) < 4.78 is 0. The first kappa shape index (κ1) is 44.7. The van der Waals surface area contributed by atoms with E-state index in [0.29, 0.717) is 0 Å². The summed E-state index contributed by atoms with van der Waals surface area (Å²) in [5.74, 6) is 0. The van der Waals surface area contributed by atoms with Crippen LogP contribution in [0.1, 0.15) is 0 Å². The van der Waals surface area contributed by atoms with Crippen LogP contribution in [0.15, 0.2) is 303 Å². The molecule has 356 valence electrons. The van der Waals surface area contributed by atoms with E-state index in [9.17, 15) is 0 Å². The topological polar surface area (TPSA) is 6.48 Å². The predicted molar refractivity (Wildman–Crippen MR) is 325 cm³/mol. The van der Waals surface area contributed by atoms with Crippen molar-refractivity contribution in [3.05, 3.63) is 303 Å². The lowest BCUT2D eigenvalue weighted by molar-refractivity contribution is 1.30. The number of hydrogen-bond donors (Lipinski definition) is 0. The van der Waals surface area contributed by atoms with Crippen molar-refractivity contribution >= 4 is 88.0 Å². The lowest BCUT2D eigenvalue weighted by atomic mass is 9.92. The zero-order chi connectivity index (χ0) is 50.4. The van der Waals surface area contributed by atoms with Crippen molar-refractivity contribution in [2.75, 3.05) is 9.80 Å². The van der Waals surface area contributed by atoms with Crippen LogP contribution in [-0.2, 0) is 0 Å². The minimum absolute atomic E-state index is 1.07. The molecule has 0 heterocycles. The number of hydrogen-bond acceptors (Lipinski definition) is 2. The molecule has 0 N–H and O–H groups in total. The van der Waals surface area contributed by atoms with Gasteiger partial charge in [0.25, 0.3) is 0 Å². The minimum atomic E-state index is 1.07. The normalized spacial score (nSPS) is 11.4. The van der Waals surface area contributed by atoms with Crippen LogP contribution in [0, 0.1) is 0 Å². The summed E-state index contributed by atoms with van der Waals surface area (Å²) in [6, 6.07) is 111.